The monoisotopic (exact) mass is 508 g/mol. The molecule has 2 heterocycles. The molecule has 0 unspecified atom stereocenters. The first-order valence-electron chi connectivity index (χ1n) is 11.9. The lowest BCUT2D eigenvalue weighted by Gasteiger charge is -2.40. The molecule has 0 amide bonds. The number of fused-ring (bicyclic) bond motifs is 3. The number of hydrogen-bond acceptors (Lipinski definition) is 7. The van der Waals surface area contributed by atoms with Crippen molar-refractivity contribution >= 4 is 11.8 Å². The molecule has 1 aromatic heterocycles. The number of thioether (sulfide) groups is 1. The number of benzene rings is 3. The van der Waals surface area contributed by atoms with E-state index in [0.29, 0.717) is 28.2 Å². The van der Waals surface area contributed by atoms with Crippen molar-refractivity contribution in [3.63, 3.8) is 0 Å². The number of pyridine rings is 1. The second-order valence-electron chi connectivity index (χ2n) is 9.24. The lowest BCUT2D eigenvalue weighted by molar-refractivity contribution is -0.149. The summed E-state index contributed by atoms with van der Waals surface area (Å²) in [5.74, 6) is 0.213. The number of aliphatic hydroxyl groups is 2. The zero-order valence-electron chi connectivity index (χ0n) is 20.0. The van der Waals surface area contributed by atoms with E-state index in [2.05, 4.69) is 11.1 Å². The summed E-state index contributed by atoms with van der Waals surface area (Å²) in [6.07, 6.45) is 1.83. The molecule has 2 N–H and O–H groups in total. The van der Waals surface area contributed by atoms with Gasteiger partial charge in [-0.2, -0.15) is 5.26 Å². The lowest BCUT2D eigenvalue weighted by atomic mass is 9.71. The highest BCUT2D eigenvalue weighted by Crippen LogP contribution is 2.70. The molecular formula is C30H24N2O4S. The van der Waals surface area contributed by atoms with E-state index >= 15 is 0 Å². The molecule has 6 rings (SSSR count). The fraction of sp³-hybridized carbons (Fsp3) is 0.200. The highest BCUT2D eigenvalue weighted by molar-refractivity contribution is 8.00. The summed E-state index contributed by atoms with van der Waals surface area (Å²) < 4.78 is 12.4. The van der Waals surface area contributed by atoms with Crippen molar-refractivity contribution in [1.82, 2.24) is 4.98 Å². The third-order valence-corrected chi connectivity index (χ3v) is 8.78. The second-order valence-corrected chi connectivity index (χ2v) is 10.5. The molecule has 4 aromatic rings. The van der Waals surface area contributed by atoms with Gasteiger partial charge in [0, 0.05) is 16.1 Å². The van der Waals surface area contributed by atoms with Crippen LogP contribution in [0.2, 0.25) is 0 Å². The largest absolute Gasteiger partial charge is 0.495 e. The Kier molecular flexibility index (Phi) is 5.68. The van der Waals surface area contributed by atoms with Crippen molar-refractivity contribution in [2.24, 2.45) is 0 Å². The van der Waals surface area contributed by atoms with Crippen LogP contribution in [0.1, 0.15) is 28.2 Å². The van der Waals surface area contributed by atoms with Gasteiger partial charge >= 0.3 is 0 Å². The molecule has 1 saturated carbocycles. The van der Waals surface area contributed by atoms with Crippen LogP contribution in [0.25, 0.3) is 0 Å². The molecule has 6 nitrogen and oxygen atoms in total. The van der Waals surface area contributed by atoms with Gasteiger partial charge in [-0.1, -0.05) is 60.7 Å². The van der Waals surface area contributed by atoms with E-state index in [1.54, 1.807) is 30.5 Å². The molecule has 1 aliphatic carbocycles. The van der Waals surface area contributed by atoms with Crippen LogP contribution >= 0.6 is 11.8 Å². The molecule has 3 aromatic carbocycles. The van der Waals surface area contributed by atoms with Crippen molar-refractivity contribution in [1.29, 1.82) is 5.26 Å². The van der Waals surface area contributed by atoms with Gasteiger partial charge in [0.15, 0.2) is 11.2 Å². The van der Waals surface area contributed by atoms with Crippen LogP contribution in [-0.4, -0.2) is 33.7 Å². The van der Waals surface area contributed by atoms with E-state index in [0.717, 1.165) is 10.5 Å². The number of nitriles is 1. The fourth-order valence-electron chi connectivity index (χ4n) is 5.91. The van der Waals surface area contributed by atoms with Crippen LogP contribution in [0.4, 0.5) is 0 Å². The van der Waals surface area contributed by atoms with Crippen molar-refractivity contribution in [3.8, 4) is 17.6 Å². The summed E-state index contributed by atoms with van der Waals surface area (Å²) in [6, 6.07) is 28.8. The average Bonchev–Trinajstić information content (AvgIpc) is 3.32. The summed E-state index contributed by atoms with van der Waals surface area (Å²) in [7, 11) is 1.51. The molecule has 1 aliphatic heterocycles. The molecule has 2 aliphatic rings. The Balaban J connectivity index is 1.66. The second kappa shape index (κ2) is 8.93. The Morgan fingerprint density at radius 2 is 1.65 bits per heavy atom. The Bertz CT molecular complexity index is 1480. The van der Waals surface area contributed by atoms with Gasteiger partial charge in [0.05, 0.1) is 36.7 Å². The Hall–Kier alpha value is -3.83. The molecule has 184 valence electrons. The quantitative estimate of drug-likeness (QED) is 0.401. The normalized spacial score (nSPS) is 27.6. The molecule has 1 fully saturated rings. The van der Waals surface area contributed by atoms with Crippen LogP contribution in [0.5, 0.6) is 11.5 Å². The van der Waals surface area contributed by atoms with E-state index in [4.69, 9.17) is 9.47 Å². The van der Waals surface area contributed by atoms with E-state index in [9.17, 15) is 15.5 Å². The zero-order valence-corrected chi connectivity index (χ0v) is 20.8. The summed E-state index contributed by atoms with van der Waals surface area (Å²) in [5.41, 5.74) is -0.876. The van der Waals surface area contributed by atoms with Crippen molar-refractivity contribution in [2.45, 2.75) is 33.4 Å². The van der Waals surface area contributed by atoms with Crippen LogP contribution in [0.3, 0.4) is 0 Å². The van der Waals surface area contributed by atoms with Gasteiger partial charge < -0.3 is 19.7 Å². The van der Waals surface area contributed by atoms with Crippen molar-refractivity contribution < 1.29 is 19.7 Å². The number of aliphatic hydroxyl groups excluding tert-OH is 1. The topological polar surface area (TPSA) is 95.6 Å². The van der Waals surface area contributed by atoms with Crippen LogP contribution in [0, 0.1) is 11.3 Å². The predicted molar refractivity (Wildman–Crippen MR) is 139 cm³/mol. The average molecular weight is 509 g/mol. The fourth-order valence-corrected chi connectivity index (χ4v) is 7.35. The molecular weight excluding hydrogens is 484 g/mol. The lowest BCUT2D eigenvalue weighted by Crippen LogP contribution is -2.52. The highest BCUT2D eigenvalue weighted by Gasteiger charge is 2.77. The number of nitrogens with zero attached hydrogens (tertiary/aromatic N) is 2. The first-order valence-corrected chi connectivity index (χ1v) is 12.8. The maximum Gasteiger partial charge on any atom is 0.178 e. The molecule has 37 heavy (non-hydrogen) atoms. The maximum atomic E-state index is 12.8. The van der Waals surface area contributed by atoms with Gasteiger partial charge in [-0.3, -0.25) is 4.98 Å². The third-order valence-electron chi connectivity index (χ3n) is 7.44. The SMILES string of the molecule is COc1cncc2c1[C@]1(O)[C@H](O)[C@H](Sc3ccccc3)[C@@H](c3ccccc3)[C@]1(c1ccc(C#N)cc1)O2. The first kappa shape index (κ1) is 23.6. The highest BCUT2D eigenvalue weighted by atomic mass is 32.2. The summed E-state index contributed by atoms with van der Waals surface area (Å²) in [4.78, 5) is 5.22. The van der Waals surface area contributed by atoms with Crippen LogP contribution in [-0.2, 0) is 11.2 Å². The summed E-state index contributed by atoms with van der Waals surface area (Å²) in [5, 5.41) is 33.9. The van der Waals surface area contributed by atoms with Gasteiger partial charge in [0.25, 0.3) is 0 Å². The predicted octanol–water partition coefficient (Wildman–Crippen LogP) is 4.76. The number of hydrogen-bond donors (Lipinski definition) is 2. The minimum absolute atomic E-state index is 0.340. The molecule has 7 heteroatoms. The minimum Gasteiger partial charge on any atom is -0.495 e. The molecule has 0 radical (unpaired) electrons. The van der Waals surface area contributed by atoms with Gasteiger partial charge in [0.2, 0.25) is 0 Å². The number of rotatable bonds is 5. The molecule has 0 spiro atoms. The van der Waals surface area contributed by atoms with E-state index in [1.807, 2.05) is 60.7 Å². The smallest absolute Gasteiger partial charge is 0.178 e. The Labute approximate surface area is 219 Å². The molecule has 0 bridgehead atoms. The van der Waals surface area contributed by atoms with E-state index in [-0.39, 0.29) is 0 Å². The Morgan fingerprint density at radius 1 is 0.973 bits per heavy atom. The summed E-state index contributed by atoms with van der Waals surface area (Å²) in [6.45, 7) is 0. The van der Waals surface area contributed by atoms with E-state index < -0.39 is 28.5 Å². The van der Waals surface area contributed by atoms with Crippen LogP contribution in [0.15, 0.2) is 102 Å². The standard InChI is InChI=1S/C30H24N2O4S/c1-35-23-17-32-18-24-26(23)29(34)28(33)27(37-22-10-6-3-7-11-22)25(20-8-4-2-5-9-20)30(29,36-24)21-14-12-19(16-31)13-15-21/h2-15,17-18,25,27-28,33-34H,1H3/t25-,27-,28-,29+,30+/m1/s1. The number of methoxy groups -OCH3 is 1. The summed E-state index contributed by atoms with van der Waals surface area (Å²) >= 11 is 1.51. The van der Waals surface area contributed by atoms with Gasteiger partial charge in [-0.25, -0.2) is 0 Å². The third kappa shape index (κ3) is 3.30. The number of ether oxygens (including phenoxy) is 2. The van der Waals surface area contributed by atoms with Crippen molar-refractivity contribution in [3.05, 3.63) is 120 Å². The van der Waals surface area contributed by atoms with Gasteiger partial charge in [0.1, 0.15) is 17.6 Å². The minimum atomic E-state index is -1.88. The zero-order chi connectivity index (χ0) is 25.6. The van der Waals surface area contributed by atoms with Gasteiger partial charge in [-0.05, 0) is 35.4 Å². The molecule has 0 saturated heterocycles. The van der Waals surface area contributed by atoms with Gasteiger partial charge in [-0.15, -0.1) is 11.8 Å². The first-order chi connectivity index (χ1) is 18.0. The van der Waals surface area contributed by atoms with E-state index in [1.165, 1.54) is 25.1 Å². The van der Waals surface area contributed by atoms with Crippen molar-refractivity contribution in [2.75, 3.05) is 7.11 Å². The Morgan fingerprint density at radius 3 is 2.30 bits per heavy atom. The maximum absolute atomic E-state index is 12.8. The molecule has 5 atom stereocenters. The number of aromatic nitrogens is 1. The van der Waals surface area contributed by atoms with Crippen LogP contribution < -0.4 is 9.47 Å².